The number of aromatic nitrogens is 2. The lowest BCUT2D eigenvalue weighted by atomic mass is 10.1. The molecule has 0 bridgehead atoms. The first-order valence-corrected chi connectivity index (χ1v) is 9.87. The van der Waals surface area contributed by atoms with E-state index in [9.17, 15) is 13.2 Å². The average molecular weight is 338 g/mol. The summed E-state index contributed by atoms with van der Waals surface area (Å²) in [5.74, 6) is 1.16. The predicted octanol–water partition coefficient (Wildman–Crippen LogP) is 0.692. The maximum Gasteiger partial charge on any atom is 0.270 e. The Morgan fingerprint density at radius 1 is 1.26 bits per heavy atom. The van der Waals surface area contributed by atoms with Gasteiger partial charge in [-0.05, 0) is 32.6 Å². The number of sulfone groups is 1. The SMILES string of the molecule is Cc1nc(C(=O)NC2CCS(=O)(=O)C2)cc(N2CCCCC2)n1. The van der Waals surface area contributed by atoms with Crippen LogP contribution in [-0.2, 0) is 9.84 Å². The number of nitrogens with one attached hydrogen (secondary N) is 1. The number of amides is 1. The molecule has 1 unspecified atom stereocenters. The second-order valence-corrected chi connectivity index (χ2v) is 8.51. The van der Waals surface area contributed by atoms with Crippen molar-refractivity contribution in [3.63, 3.8) is 0 Å². The third kappa shape index (κ3) is 3.99. The van der Waals surface area contributed by atoms with Gasteiger partial charge in [0.05, 0.1) is 11.5 Å². The Bertz CT molecular complexity index is 699. The molecule has 1 atom stereocenters. The molecule has 3 rings (SSSR count). The van der Waals surface area contributed by atoms with Crippen molar-refractivity contribution in [3.05, 3.63) is 17.6 Å². The fourth-order valence-corrected chi connectivity index (χ4v) is 4.79. The Labute approximate surface area is 136 Å². The van der Waals surface area contributed by atoms with E-state index in [2.05, 4.69) is 20.2 Å². The molecule has 1 aromatic heterocycles. The summed E-state index contributed by atoms with van der Waals surface area (Å²) in [6.07, 6.45) is 3.95. The summed E-state index contributed by atoms with van der Waals surface area (Å²) in [6, 6.07) is 1.39. The van der Waals surface area contributed by atoms with E-state index in [1.165, 1.54) is 6.42 Å². The molecule has 0 aliphatic carbocycles. The zero-order valence-corrected chi connectivity index (χ0v) is 14.1. The number of hydrogen-bond donors (Lipinski definition) is 1. The number of nitrogens with zero attached hydrogens (tertiary/aromatic N) is 3. The minimum Gasteiger partial charge on any atom is -0.356 e. The topological polar surface area (TPSA) is 92.3 Å². The van der Waals surface area contributed by atoms with Crippen molar-refractivity contribution in [1.82, 2.24) is 15.3 Å². The van der Waals surface area contributed by atoms with E-state index in [4.69, 9.17) is 0 Å². The minimum absolute atomic E-state index is 0.0157. The van der Waals surface area contributed by atoms with Crippen LogP contribution in [0, 0.1) is 6.92 Å². The van der Waals surface area contributed by atoms with Crippen LogP contribution in [0.4, 0.5) is 5.82 Å². The molecule has 7 nitrogen and oxygen atoms in total. The summed E-state index contributed by atoms with van der Waals surface area (Å²) in [4.78, 5) is 23.2. The Morgan fingerprint density at radius 3 is 2.65 bits per heavy atom. The zero-order valence-electron chi connectivity index (χ0n) is 13.3. The van der Waals surface area contributed by atoms with Crippen molar-refractivity contribution < 1.29 is 13.2 Å². The van der Waals surface area contributed by atoms with Crippen molar-refractivity contribution in [1.29, 1.82) is 0 Å². The van der Waals surface area contributed by atoms with Gasteiger partial charge >= 0.3 is 0 Å². The van der Waals surface area contributed by atoms with E-state index in [1.54, 1.807) is 13.0 Å². The van der Waals surface area contributed by atoms with Crippen LogP contribution in [0.15, 0.2) is 6.07 Å². The van der Waals surface area contributed by atoms with Gasteiger partial charge in [-0.2, -0.15) is 0 Å². The summed E-state index contributed by atoms with van der Waals surface area (Å²) in [5, 5.41) is 2.78. The van der Waals surface area contributed by atoms with Gasteiger partial charge in [-0.25, -0.2) is 18.4 Å². The first-order valence-electron chi connectivity index (χ1n) is 8.05. The summed E-state index contributed by atoms with van der Waals surface area (Å²) in [7, 11) is -3.01. The Morgan fingerprint density at radius 2 is 2.00 bits per heavy atom. The zero-order chi connectivity index (χ0) is 16.4. The van der Waals surface area contributed by atoms with Crippen molar-refractivity contribution in [2.75, 3.05) is 29.5 Å². The molecule has 2 saturated heterocycles. The summed E-state index contributed by atoms with van der Waals surface area (Å²) in [5.41, 5.74) is 0.308. The molecule has 3 heterocycles. The van der Waals surface area contributed by atoms with Crippen LogP contribution in [0.5, 0.6) is 0 Å². The highest BCUT2D eigenvalue weighted by Crippen LogP contribution is 2.19. The minimum atomic E-state index is -3.01. The molecule has 126 valence electrons. The highest BCUT2D eigenvalue weighted by Gasteiger charge is 2.29. The Balaban J connectivity index is 1.74. The van der Waals surface area contributed by atoms with Crippen LogP contribution < -0.4 is 10.2 Å². The summed E-state index contributed by atoms with van der Waals surface area (Å²) in [6.45, 7) is 3.65. The van der Waals surface area contributed by atoms with Gasteiger partial charge in [0.2, 0.25) is 0 Å². The molecule has 1 N–H and O–H groups in total. The lowest BCUT2D eigenvalue weighted by Crippen LogP contribution is -2.36. The van der Waals surface area contributed by atoms with Crippen LogP contribution in [-0.4, -0.2) is 54.9 Å². The molecule has 8 heteroatoms. The molecule has 2 aliphatic rings. The van der Waals surface area contributed by atoms with Crippen LogP contribution in [0.3, 0.4) is 0 Å². The van der Waals surface area contributed by atoms with Crippen LogP contribution in [0.25, 0.3) is 0 Å². The van der Waals surface area contributed by atoms with Gasteiger partial charge in [-0.3, -0.25) is 4.79 Å². The quantitative estimate of drug-likeness (QED) is 0.872. The highest BCUT2D eigenvalue weighted by molar-refractivity contribution is 7.91. The molecule has 0 radical (unpaired) electrons. The van der Waals surface area contributed by atoms with E-state index in [0.717, 1.165) is 31.7 Å². The van der Waals surface area contributed by atoms with Crippen LogP contribution in [0.2, 0.25) is 0 Å². The third-order valence-corrected chi connectivity index (χ3v) is 6.07. The highest BCUT2D eigenvalue weighted by atomic mass is 32.2. The predicted molar refractivity (Wildman–Crippen MR) is 87.4 cm³/mol. The summed E-state index contributed by atoms with van der Waals surface area (Å²) < 4.78 is 23.0. The van der Waals surface area contributed by atoms with Crippen molar-refractivity contribution >= 4 is 21.6 Å². The monoisotopic (exact) mass is 338 g/mol. The normalized spacial score (nSPS) is 23.7. The number of anilines is 1. The van der Waals surface area contributed by atoms with Crippen molar-refractivity contribution in [2.24, 2.45) is 0 Å². The maximum atomic E-state index is 12.4. The summed E-state index contributed by atoms with van der Waals surface area (Å²) >= 11 is 0. The molecule has 0 saturated carbocycles. The Kier molecular flexibility index (Phi) is 4.52. The molecular formula is C15H22N4O3S. The number of rotatable bonds is 3. The molecule has 2 aliphatic heterocycles. The van der Waals surface area contributed by atoms with E-state index < -0.39 is 9.84 Å². The van der Waals surface area contributed by atoms with Gasteiger partial charge in [0.1, 0.15) is 17.3 Å². The molecule has 2 fully saturated rings. The average Bonchev–Trinajstić information content (AvgIpc) is 2.86. The van der Waals surface area contributed by atoms with Gasteiger partial charge in [0, 0.05) is 25.2 Å². The van der Waals surface area contributed by atoms with E-state index in [-0.39, 0.29) is 23.5 Å². The van der Waals surface area contributed by atoms with Gasteiger partial charge in [0.15, 0.2) is 9.84 Å². The van der Waals surface area contributed by atoms with E-state index in [0.29, 0.717) is 17.9 Å². The van der Waals surface area contributed by atoms with Gasteiger partial charge in [-0.15, -0.1) is 0 Å². The third-order valence-electron chi connectivity index (χ3n) is 4.30. The fourth-order valence-electron chi connectivity index (χ4n) is 3.12. The lowest BCUT2D eigenvalue weighted by molar-refractivity contribution is 0.0935. The molecule has 0 spiro atoms. The first-order chi connectivity index (χ1) is 10.9. The lowest BCUT2D eigenvalue weighted by Gasteiger charge is -2.28. The second kappa shape index (κ2) is 6.43. The number of piperidine rings is 1. The molecule has 1 aromatic rings. The fraction of sp³-hybridized carbons (Fsp3) is 0.667. The first kappa shape index (κ1) is 16.2. The van der Waals surface area contributed by atoms with Crippen molar-refractivity contribution in [2.45, 2.75) is 38.6 Å². The molecular weight excluding hydrogens is 316 g/mol. The van der Waals surface area contributed by atoms with Crippen molar-refractivity contribution in [3.8, 4) is 0 Å². The number of aryl methyl sites for hydroxylation is 1. The van der Waals surface area contributed by atoms with Gasteiger partial charge in [0.25, 0.3) is 5.91 Å². The smallest absolute Gasteiger partial charge is 0.270 e. The largest absolute Gasteiger partial charge is 0.356 e. The number of carbonyl (C=O) groups is 1. The molecule has 1 amide bonds. The standard InChI is InChI=1S/C15H22N4O3S/c1-11-16-13(9-14(17-11)19-6-3-2-4-7-19)15(20)18-12-5-8-23(21,22)10-12/h9,12H,2-8,10H2,1H3,(H,18,20). The van der Waals surface area contributed by atoms with Gasteiger partial charge in [-0.1, -0.05) is 0 Å². The van der Waals surface area contributed by atoms with Crippen LogP contribution in [0.1, 0.15) is 42.0 Å². The number of carbonyl (C=O) groups excluding carboxylic acids is 1. The molecule has 0 aromatic carbocycles. The van der Waals surface area contributed by atoms with E-state index in [1.807, 2.05) is 0 Å². The van der Waals surface area contributed by atoms with Gasteiger partial charge < -0.3 is 10.2 Å². The van der Waals surface area contributed by atoms with E-state index >= 15 is 0 Å². The molecule has 23 heavy (non-hydrogen) atoms. The Hall–Kier alpha value is -1.70. The van der Waals surface area contributed by atoms with Crippen LogP contribution >= 0.6 is 0 Å². The number of hydrogen-bond acceptors (Lipinski definition) is 6. The second-order valence-electron chi connectivity index (χ2n) is 6.28. The maximum absolute atomic E-state index is 12.4.